The van der Waals surface area contributed by atoms with E-state index in [9.17, 15) is 14.9 Å². The summed E-state index contributed by atoms with van der Waals surface area (Å²) < 4.78 is 7.52. The number of likely N-dealkylation sites (tertiary alicyclic amines) is 1. The zero-order valence-electron chi connectivity index (χ0n) is 22.7. The number of fused-ring (bicyclic) bond motifs is 1. The largest absolute Gasteiger partial charge is 0.457 e. The van der Waals surface area contributed by atoms with E-state index in [1.807, 2.05) is 36.4 Å². The Balaban J connectivity index is 1.31. The highest BCUT2D eigenvalue weighted by Crippen LogP contribution is 2.44. The normalized spacial score (nSPS) is 17.1. The molecule has 0 unspecified atom stereocenters. The number of anilines is 1. The summed E-state index contributed by atoms with van der Waals surface area (Å²) in [6.45, 7) is 1.54. The first-order valence-corrected chi connectivity index (χ1v) is 13.7. The van der Waals surface area contributed by atoms with E-state index in [2.05, 4.69) is 21.9 Å². The van der Waals surface area contributed by atoms with Crippen molar-refractivity contribution in [3.05, 3.63) is 83.2 Å². The first-order valence-electron chi connectivity index (χ1n) is 13.7. The van der Waals surface area contributed by atoms with Gasteiger partial charge in [-0.25, -0.2) is 9.55 Å². The van der Waals surface area contributed by atoms with Crippen LogP contribution in [0.4, 0.5) is 11.6 Å². The molecule has 3 heterocycles. The van der Waals surface area contributed by atoms with Gasteiger partial charge in [0.1, 0.15) is 29.7 Å². The minimum Gasteiger partial charge on any atom is -0.457 e. The first-order chi connectivity index (χ1) is 19.9. The Morgan fingerprint density at radius 2 is 1.85 bits per heavy atom. The quantitative estimate of drug-likeness (QED) is 0.177. The van der Waals surface area contributed by atoms with Crippen molar-refractivity contribution in [2.45, 2.75) is 31.3 Å². The van der Waals surface area contributed by atoms with E-state index in [1.54, 1.807) is 39.8 Å². The van der Waals surface area contributed by atoms with Crippen molar-refractivity contribution in [3.63, 3.8) is 0 Å². The number of nitrogens with two attached hydrogens (primary N) is 1. The molecule has 2 aromatic carbocycles. The second-order valence-corrected chi connectivity index (χ2v) is 10.5. The Hall–Kier alpha value is -4.77. The number of hydrogen-bond acceptors (Lipinski definition) is 8. The topological polar surface area (TPSA) is 133 Å². The lowest BCUT2D eigenvalue weighted by Crippen LogP contribution is -2.28. The van der Waals surface area contributed by atoms with Crippen LogP contribution in [0.25, 0.3) is 22.2 Å². The van der Waals surface area contributed by atoms with Crippen LogP contribution in [0.1, 0.15) is 25.3 Å². The van der Waals surface area contributed by atoms with Crippen LogP contribution in [0.15, 0.2) is 73.1 Å². The third-order valence-corrected chi connectivity index (χ3v) is 7.75. The van der Waals surface area contributed by atoms with Crippen molar-refractivity contribution in [3.8, 4) is 22.6 Å². The Morgan fingerprint density at radius 1 is 1.12 bits per heavy atom. The average Bonchev–Trinajstić information content (AvgIpc) is 3.60. The van der Waals surface area contributed by atoms with Gasteiger partial charge in [-0.2, -0.15) is 4.98 Å². The molecule has 1 amide bonds. The maximum absolute atomic E-state index is 12.9. The molecule has 2 aromatic heterocycles. The number of likely N-dealkylation sites (N-methyl/N-ethyl adjacent to an activating group) is 1. The molecule has 1 aliphatic carbocycles. The molecular weight excluding hydrogens is 522 g/mol. The number of para-hydroxylation sites is 1. The van der Waals surface area contributed by atoms with E-state index in [0.717, 1.165) is 6.54 Å². The molecule has 1 aliphatic heterocycles. The van der Waals surface area contributed by atoms with Crippen LogP contribution in [0, 0.1) is 10.1 Å². The number of aromatic nitrogens is 3. The van der Waals surface area contributed by atoms with Crippen molar-refractivity contribution in [2.75, 3.05) is 32.4 Å². The van der Waals surface area contributed by atoms with Crippen LogP contribution in [0.3, 0.4) is 0 Å². The molecule has 0 spiro atoms. The molecule has 1 atom stereocenters. The van der Waals surface area contributed by atoms with Gasteiger partial charge in [0.15, 0.2) is 0 Å². The van der Waals surface area contributed by atoms with Crippen molar-refractivity contribution in [1.29, 1.82) is 0 Å². The third-order valence-electron chi connectivity index (χ3n) is 7.75. The lowest BCUT2D eigenvalue weighted by Gasteiger charge is -2.15. The second-order valence-electron chi connectivity index (χ2n) is 10.5. The van der Waals surface area contributed by atoms with Gasteiger partial charge in [0.05, 0.1) is 17.5 Å². The monoisotopic (exact) mass is 553 g/mol. The Labute approximate surface area is 237 Å². The summed E-state index contributed by atoms with van der Waals surface area (Å²) in [5, 5.41) is 13.0. The number of amides is 1. The number of carbonyl (C=O) groups is 1. The molecule has 6 rings (SSSR count). The van der Waals surface area contributed by atoms with Crippen molar-refractivity contribution >= 4 is 28.6 Å². The van der Waals surface area contributed by atoms with Gasteiger partial charge in [-0.05, 0) is 54.6 Å². The Kier molecular flexibility index (Phi) is 7.10. The summed E-state index contributed by atoms with van der Waals surface area (Å²) in [5.41, 5.74) is 7.62. The number of ether oxygens (including phenoxy) is 1. The molecule has 2 fully saturated rings. The molecule has 2 aliphatic rings. The van der Waals surface area contributed by atoms with Crippen molar-refractivity contribution < 1.29 is 14.5 Å². The number of nitrogens with zero attached hydrogens (tertiary/aromatic N) is 6. The molecular formula is C30H31N7O4. The predicted molar refractivity (Wildman–Crippen MR) is 156 cm³/mol. The minimum absolute atomic E-state index is 0.0980. The smallest absolute Gasteiger partial charge is 0.333 e. The van der Waals surface area contributed by atoms with E-state index in [4.69, 9.17) is 10.5 Å². The van der Waals surface area contributed by atoms with Gasteiger partial charge in [0.2, 0.25) is 11.6 Å². The summed E-state index contributed by atoms with van der Waals surface area (Å²) in [6, 6.07) is 16.7. The molecule has 0 radical (unpaired) electrons. The van der Waals surface area contributed by atoms with Crippen LogP contribution in [0.2, 0.25) is 0 Å². The van der Waals surface area contributed by atoms with E-state index in [0.29, 0.717) is 59.2 Å². The van der Waals surface area contributed by atoms with E-state index in [-0.39, 0.29) is 23.6 Å². The Morgan fingerprint density at radius 3 is 2.56 bits per heavy atom. The van der Waals surface area contributed by atoms with Crippen LogP contribution >= 0.6 is 0 Å². The molecule has 11 nitrogen and oxygen atoms in total. The summed E-state index contributed by atoms with van der Waals surface area (Å²) in [4.78, 5) is 37.7. The maximum atomic E-state index is 12.9. The Bertz CT molecular complexity index is 1610. The predicted octanol–water partition coefficient (Wildman–Crippen LogP) is 4.80. The highest BCUT2D eigenvalue weighted by Gasteiger charge is 2.39. The minimum atomic E-state index is -0.400. The number of benzene rings is 2. The fourth-order valence-corrected chi connectivity index (χ4v) is 5.50. The van der Waals surface area contributed by atoms with Gasteiger partial charge in [-0.1, -0.05) is 36.4 Å². The second kappa shape index (κ2) is 11.0. The summed E-state index contributed by atoms with van der Waals surface area (Å²) in [5.74, 6) is 1.22. The van der Waals surface area contributed by atoms with Crippen LogP contribution in [-0.4, -0.2) is 67.9 Å². The van der Waals surface area contributed by atoms with E-state index < -0.39 is 4.92 Å². The van der Waals surface area contributed by atoms with E-state index in [1.165, 1.54) is 19.2 Å². The average molecular weight is 554 g/mol. The van der Waals surface area contributed by atoms with Gasteiger partial charge in [-0.15, -0.1) is 0 Å². The first kappa shape index (κ1) is 26.5. The molecule has 1 saturated carbocycles. The van der Waals surface area contributed by atoms with Crippen LogP contribution in [-0.2, 0) is 4.79 Å². The van der Waals surface area contributed by atoms with Gasteiger partial charge in [0, 0.05) is 31.6 Å². The van der Waals surface area contributed by atoms with Gasteiger partial charge in [0.25, 0.3) is 0 Å². The third kappa shape index (κ3) is 5.36. The summed E-state index contributed by atoms with van der Waals surface area (Å²) >= 11 is 0. The summed E-state index contributed by atoms with van der Waals surface area (Å²) in [7, 11) is 2.06. The SMILES string of the molecule is CN(C/C=C/C(=O)N1CC[C@@H](n2c([N+](=O)[O-])c(-c3ccc(Oc4ccccc4)cc3)c3c(N)ncnc32)C1)C1CC1. The molecule has 210 valence electrons. The summed E-state index contributed by atoms with van der Waals surface area (Å²) in [6.07, 6.45) is 7.77. The van der Waals surface area contributed by atoms with Gasteiger partial charge < -0.3 is 25.5 Å². The highest BCUT2D eigenvalue weighted by atomic mass is 16.6. The number of hydrogen-bond donors (Lipinski definition) is 1. The lowest BCUT2D eigenvalue weighted by molar-refractivity contribution is -0.391. The molecule has 4 aromatic rings. The highest BCUT2D eigenvalue weighted by molar-refractivity contribution is 6.05. The van der Waals surface area contributed by atoms with Gasteiger partial charge >= 0.3 is 5.82 Å². The molecule has 1 saturated heterocycles. The molecule has 0 bridgehead atoms. The number of nitrogen functional groups attached to an aromatic ring is 1. The molecule has 11 heteroatoms. The van der Waals surface area contributed by atoms with E-state index >= 15 is 0 Å². The number of carbonyl (C=O) groups excluding carboxylic acids is 1. The standard InChI is InChI=1S/C30H31N7O4/c1-34(21-11-12-21)16-5-8-25(38)35-17-15-22(18-35)36-29-27(28(31)32-19-33-29)26(30(36)37(39)40)20-9-13-24(14-10-20)41-23-6-3-2-4-7-23/h2-10,13-14,19,21-22H,11-12,15-18H2,1H3,(H2,31,32,33)/b8-5+/t22-/m1/s1. The van der Waals surface area contributed by atoms with Gasteiger partial charge in [-0.3, -0.25) is 9.69 Å². The zero-order valence-corrected chi connectivity index (χ0v) is 22.7. The van der Waals surface area contributed by atoms with Crippen molar-refractivity contribution in [1.82, 2.24) is 24.3 Å². The molecule has 2 N–H and O–H groups in total. The lowest BCUT2D eigenvalue weighted by atomic mass is 10.0. The van der Waals surface area contributed by atoms with Crippen LogP contribution in [0.5, 0.6) is 11.5 Å². The maximum Gasteiger partial charge on any atom is 0.333 e. The number of nitro groups is 1. The van der Waals surface area contributed by atoms with Crippen molar-refractivity contribution in [2.24, 2.45) is 0 Å². The molecule has 41 heavy (non-hydrogen) atoms. The zero-order chi connectivity index (χ0) is 28.5. The fraction of sp³-hybridized carbons (Fsp3) is 0.300. The number of rotatable bonds is 9. The fourth-order valence-electron chi connectivity index (χ4n) is 5.50. The van der Waals surface area contributed by atoms with Crippen LogP contribution < -0.4 is 10.5 Å².